The van der Waals surface area contributed by atoms with Crippen LogP contribution < -0.4 is 11.1 Å². The number of halogens is 3. The molecule has 1 saturated carbocycles. The van der Waals surface area contributed by atoms with E-state index in [9.17, 15) is 26.8 Å². The van der Waals surface area contributed by atoms with E-state index in [0.717, 1.165) is 18.2 Å². The summed E-state index contributed by atoms with van der Waals surface area (Å²) < 4.78 is 54.6. The van der Waals surface area contributed by atoms with Crippen molar-refractivity contribution in [3.05, 3.63) is 64.7 Å². The van der Waals surface area contributed by atoms with Gasteiger partial charge in [0.2, 0.25) is 11.8 Å². The van der Waals surface area contributed by atoms with Gasteiger partial charge in [-0.2, -0.15) is 0 Å². The lowest BCUT2D eigenvalue weighted by Crippen LogP contribution is -2.41. The SMILES string of the molecule is NC(=O)CNC(=O)CC1CCC(c2cc(F)ccc2F)(S(=O)(=O)c2ccc(Cl)cc2)CC1. The highest BCUT2D eigenvalue weighted by atomic mass is 35.5. The fourth-order valence-corrected chi connectivity index (χ4v) is 6.53. The predicted octanol–water partition coefficient (Wildman–Crippen LogP) is 3.47. The Labute approximate surface area is 190 Å². The summed E-state index contributed by atoms with van der Waals surface area (Å²) in [5, 5.41) is 2.75. The molecule has 3 N–H and O–H groups in total. The van der Waals surface area contributed by atoms with E-state index in [2.05, 4.69) is 5.32 Å². The predicted molar refractivity (Wildman–Crippen MR) is 115 cm³/mol. The molecule has 2 aromatic carbocycles. The van der Waals surface area contributed by atoms with Gasteiger partial charge in [-0.05, 0) is 74.1 Å². The van der Waals surface area contributed by atoms with Crippen molar-refractivity contribution in [2.75, 3.05) is 6.54 Å². The summed E-state index contributed by atoms with van der Waals surface area (Å²) in [4.78, 5) is 22.8. The number of nitrogens with one attached hydrogen (secondary N) is 1. The molecular formula is C22H23ClF2N2O4S. The molecule has 0 spiro atoms. The van der Waals surface area contributed by atoms with E-state index < -0.39 is 32.1 Å². The van der Waals surface area contributed by atoms with Gasteiger partial charge < -0.3 is 11.1 Å². The van der Waals surface area contributed by atoms with Gasteiger partial charge in [-0.3, -0.25) is 9.59 Å². The lowest BCUT2D eigenvalue weighted by Gasteiger charge is -2.40. The summed E-state index contributed by atoms with van der Waals surface area (Å²) in [5.41, 5.74) is 4.80. The van der Waals surface area contributed by atoms with Gasteiger partial charge in [-0.25, -0.2) is 17.2 Å². The summed E-state index contributed by atoms with van der Waals surface area (Å²) >= 11 is 5.89. The van der Waals surface area contributed by atoms with Crippen LogP contribution in [-0.4, -0.2) is 26.8 Å². The Morgan fingerprint density at radius 2 is 1.72 bits per heavy atom. The van der Waals surface area contributed by atoms with Crippen molar-refractivity contribution < 1.29 is 26.8 Å². The van der Waals surface area contributed by atoms with Gasteiger partial charge in [0, 0.05) is 17.0 Å². The van der Waals surface area contributed by atoms with Crippen LogP contribution in [0.15, 0.2) is 47.4 Å². The number of primary amides is 1. The zero-order valence-electron chi connectivity index (χ0n) is 17.1. The fourth-order valence-electron chi connectivity index (χ4n) is 4.24. The standard InChI is InChI=1S/C22H23ClF2N2O4S/c23-15-1-4-17(5-2-15)32(30,31)22(18-12-16(24)3-6-19(18)25)9-7-14(8-10-22)11-21(29)27-13-20(26)28/h1-6,12,14H,7-11,13H2,(H2,26,28)(H,27,29). The third-order valence-electron chi connectivity index (χ3n) is 5.90. The zero-order chi connectivity index (χ0) is 23.5. The number of amides is 2. The molecule has 0 aliphatic heterocycles. The first kappa shape index (κ1) is 24.1. The number of carbonyl (C=O) groups excluding carboxylic acids is 2. The van der Waals surface area contributed by atoms with Crippen molar-refractivity contribution >= 4 is 33.3 Å². The second-order valence-electron chi connectivity index (χ2n) is 7.97. The summed E-state index contributed by atoms with van der Waals surface area (Å²) in [6, 6.07) is 8.35. The van der Waals surface area contributed by atoms with Crippen LogP contribution in [0.3, 0.4) is 0 Å². The molecular weight excluding hydrogens is 462 g/mol. The third-order valence-corrected chi connectivity index (χ3v) is 8.71. The first-order chi connectivity index (χ1) is 15.0. The van der Waals surface area contributed by atoms with Gasteiger partial charge in [0.1, 0.15) is 16.4 Å². The molecule has 6 nitrogen and oxygen atoms in total. The fraction of sp³-hybridized carbons (Fsp3) is 0.364. The van der Waals surface area contributed by atoms with Crippen molar-refractivity contribution in [3.8, 4) is 0 Å². The van der Waals surface area contributed by atoms with Crippen LogP contribution in [0.4, 0.5) is 8.78 Å². The molecule has 0 aromatic heterocycles. The van der Waals surface area contributed by atoms with E-state index in [1.165, 1.54) is 24.3 Å². The number of rotatable bonds is 7. The van der Waals surface area contributed by atoms with Crippen molar-refractivity contribution in [2.45, 2.75) is 41.7 Å². The Kier molecular flexibility index (Phi) is 7.19. The number of nitrogens with two attached hydrogens (primary N) is 1. The molecule has 1 aliphatic rings. The normalized spacial score (nSPS) is 21.2. The van der Waals surface area contributed by atoms with Gasteiger partial charge in [0.05, 0.1) is 11.4 Å². The van der Waals surface area contributed by atoms with Crippen LogP contribution >= 0.6 is 11.6 Å². The molecule has 0 atom stereocenters. The summed E-state index contributed by atoms with van der Waals surface area (Å²) in [5.74, 6) is -2.76. The van der Waals surface area contributed by atoms with E-state index in [4.69, 9.17) is 17.3 Å². The van der Waals surface area contributed by atoms with Crippen LogP contribution in [0.1, 0.15) is 37.7 Å². The van der Waals surface area contributed by atoms with Crippen LogP contribution in [0.25, 0.3) is 0 Å². The molecule has 0 heterocycles. The molecule has 0 bridgehead atoms. The third kappa shape index (κ3) is 4.94. The van der Waals surface area contributed by atoms with Crippen molar-refractivity contribution in [1.82, 2.24) is 5.32 Å². The summed E-state index contributed by atoms with van der Waals surface area (Å²) in [6.07, 6.45) is 0.688. The molecule has 3 rings (SSSR count). The zero-order valence-corrected chi connectivity index (χ0v) is 18.7. The largest absolute Gasteiger partial charge is 0.368 e. The van der Waals surface area contributed by atoms with Crippen LogP contribution in [0, 0.1) is 17.6 Å². The van der Waals surface area contributed by atoms with Crippen molar-refractivity contribution in [3.63, 3.8) is 0 Å². The van der Waals surface area contributed by atoms with Crippen LogP contribution in [0.2, 0.25) is 5.02 Å². The maximum Gasteiger partial charge on any atom is 0.236 e. The van der Waals surface area contributed by atoms with Crippen LogP contribution in [0.5, 0.6) is 0 Å². The highest BCUT2D eigenvalue weighted by Gasteiger charge is 2.50. The highest BCUT2D eigenvalue weighted by Crippen LogP contribution is 2.49. The number of carbonyl (C=O) groups is 2. The molecule has 2 aromatic rings. The minimum absolute atomic E-state index is 0.00605. The number of benzene rings is 2. The van der Waals surface area contributed by atoms with Gasteiger partial charge in [0.25, 0.3) is 0 Å². The minimum Gasteiger partial charge on any atom is -0.368 e. The molecule has 10 heteroatoms. The average Bonchev–Trinajstić information content (AvgIpc) is 2.75. The monoisotopic (exact) mass is 484 g/mol. The maximum atomic E-state index is 14.8. The van der Waals surface area contributed by atoms with E-state index in [1.807, 2.05) is 0 Å². The average molecular weight is 485 g/mol. The quantitative estimate of drug-likeness (QED) is 0.627. The Balaban J connectivity index is 1.94. The number of hydrogen-bond acceptors (Lipinski definition) is 4. The van der Waals surface area contributed by atoms with Gasteiger partial charge in [0.15, 0.2) is 9.84 Å². The molecule has 32 heavy (non-hydrogen) atoms. The van der Waals surface area contributed by atoms with E-state index in [0.29, 0.717) is 17.9 Å². The Morgan fingerprint density at radius 1 is 1.09 bits per heavy atom. The molecule has 0 radical (unpaired) electrons. The number of sulfone groups is 1. The van der Waals surface area contributed by atoms with E-state index in [-0.39, 0.29) is 48.1 Å². The lowest BCUT2D eigenvalue weighted by molar-refractivity contribution is -0.125. The lowest BCUT2D eigenvalue weighted by atomic mass is 9.76. The molecule has 2 amide bonds. The molecule has 0 unspecified atom stereocenters. The van der Waals surface area contributed by atoms with Crippen LogP contribution in [-0.2, 0) is 24.2 Å². The molecule has 0 saturated heterocycles. The molecule has 1 fully saturated rings. The van der Waals surface area contributed by atoms with Crippen molar-refractivity contribution in [1.29, 1.82) is 0 Å². The van der Waals surface area contributed by atoms with E-state index in [1.54, 1.807) is 0 Å². The van der Waals surface area contributed by atoms with Gasteiger partial charge >= 0.3 is 0 Å². The summed E-state index contributed by atoms with van der Waals surface area (Å²) in [7, 11) is -4.13. The Bertz CT molecular complexity index is 1120. The number of hydrogen-bond donors (Lipinski definition) is 2. The first-order valence-corrected chi connectivity index (χ1v) is 11.9. The van der Waals surface area contributed by atoms with Gasteiger partial charge in [-0.1, -0.05) is 11.6 Å². The smallest absolute Gasteiger partial charge is 0.236 e. The second kappa shape index (κ2) is 9.54. The maximum absolute atomic E-state index is 14.8. The Hall–Kier alpha value is -2.52. The summed E-state index contributed by atoms with van der Waals surface area (Å²) in [6.45, 7) is -0.283. The second-order valence-corrected chi connectivity index (χ2v) is 10.7. The first-order valence-electron chi connectivity index (χ1n) is 10.1. The Morgan fingerprint density at radius 3 is 2.31 bits per heavy atom. The minimum atomic E-state index is -4.13. The topological polar surface area (TPSA) is 106 Å². The highest BCUT2D eigenvalue weighted by molar-refractivity contribution is 7.92. The van der Waals surface area contributed by atoms with Crippen molar-refractivity contribution in [2.24, 2.45) is 11.7 Å². The molecule has 172 valence electrons. The van der Waals surface area contributed by atoms with E-state index >= 15 is 0 Å². The van der Waals surface area contributed by atoms with Gasteiger partial charge in [-0.15, -0.1) is 0 Å². The molecule has 1 aliphatic carbocycles.